The average molecular weight is 393 g/mol. The fourth-order valence-electron chi connectivity index (χ4n) is 1.76. The van der Waals surface area contributed by atoms with Crippen LogP contribution in [0.3, 0.4) is 0 Å². The molecule has 1 fully saturated rings. The zero-order valence-electron chi connectivity index (χ0n) is 11.9. The van der Waals surface area contributed by atoms with E-state index in [2.05, 4.69) is 15.6 Å². The summed E-state index contributed by atoms with van der Waals surface area (Å²) in [7, 11) is 1.77. The molecule has 1 aliphatic rings. The molecule has 114 valence electrons. The van der Waals surface area contributed by atoms with E-state index in [0.29, 0.717) is 0 Å². The predicted octanol–water partition coefficient (Wildman–Crippen LogP) is 2.03. The van der Waals surface area contributed by atoms with Gasteiger partial charge in [0.15, 0.2) is 5.96 Å². The molecule has 20 heavy (non-hydrogen) atoms. The topological polar surface area (TPSA) is 58.8 Å². The maximum Gasteiger partial charge on any atom is 0.191 e. The molecule has 0 radical (unpaired) electrons. The number of rotatable bonds is 8. The smallest absolute Gasteiger partial charge is 0.191 e. The van der Waals surface area contributed by atoms with Crippen molar-refractivity contribution >= 4 is 29.9 Å². The molecule has 2 rings (SSSR count). The Labute approximate surface area is 137 Å². The first kappa shape index (κ1) is 17.3. The monoisotopic (exact) mass is 393 g/mol. The molecule has 5 nitrogen and oxygen atoms in total. The van der Waals surface area contributed by atoms with Gasteiger partial charge in [-0.3, -0.25) is 4.99 Å². The van der Waals surface area contributed by atoms with Gasteiger partial charge in [-0.1, -0.05) is 0 Å². The van der Waals surface area contributed by atoms with Crippen LogP contribution in [0.5, 0.6) is 0 Å². The molecule has 0 aromatic carbocycles. The summed E-state index contributed by atoms with van der Waals surface area (Å²) in [6.07, 6.45) is 5.22. The lowest BCUT2D eigenvalue weighted by Crippen LogP contribution is -2.39. The number of nitrogens with one attached hydrogen (secondary N) is 2. The summed E-state index contributed by atoms with van der Waals surface area (Å²) >= 11 is 0. The number of nitrogens with zero attached hydrogens (tertiary/aromatic N) is 1. The van der Waals surface area contributed by atoms with E-state index in [9.17, 15) is 0 Å². The third-order valence-corrected chi connectivity index (χ3v) is 3.06. The van der Waals surface area contributed by atoms with Gasteiger partial charge >= 0.3 is 0 Å². The fourth-order valence-corrected chi connectivity index (χ4v) is 1.76. The van der Waals surface area contributed by atoms with E-state index in [4.69, 9.17) is 9.15 Å². The minimum atomic E-state index is 0. The van der Waals surface area contributed by atoms with Gasteiger partial charge in [-0.15, -0.1) is 24.0 Å². The minimum Gasteiger partial charge on any atom is -0.469 e. The number of hydrogen-bond donors (Lipinski definition) is 2. The van der Waals surface area contributed by atoms with E-state index in [1.807, 2.05) is 12.1 Å². The molecule has 1 heterocycles. The summed E-state index contributed by atoms with van der Waals surface area (Å²) in [5, 5.41) is 6.47. The van der Waals surface area contributed by atoms with E-state index in [0.717, 1.165) is 50.4 Å². The Morgan fingerprint density at radius 2 is 2.20 bits per heavy atom. The molecule has 1 aromatic rings. The minimum absolute atomic E-state index is 0. The summed E-state index contributed by atoms with van der Waals surface area (Å²) in [4.78, 5) is 4.16. The second kappa shape index (κ2) is 10.0. The Morgan fingerprint density at radius 1 is 1.40 bits per heavy atom. The molecule has 0 aliphatic heterocycles. The predicted molar refractivity (Wildman–Crippen MR) is 90.7 cm³/mol. The fraction of sp³-hybridized carbons (Fsp3) is 0.643. The molecule has 0 unspecified atom stereocenters. The van der Waals surface area contributed by atoms with Crippen molar-refractivity contribution in [3.8, 4) is 0 Å². The van der Waals surface area contributed by atoms with Crippen molar-refractivity contribution in [1.82, 2.24) is 10.6 Å². The normalized spacial score (nSPS) is 14.8. The van der Waals surface area contributed by atoms with Gasteiger partial charge in [-0.25, -0.2) is 0 Å². The van der Waals surface area contributed by atoms with Gasteiger partial charge in [0.2, 0.25) is 0 Å². The highest BCUT2D eigenvalue weighted by atomic mass is 127. The van der Waals surface area contributed by atoms with E-state index in [1.54, 1.807) is 13.3 Å². The van der Waals surface area contributed by atoms with Crippen molar-refractivity contribution < 1.29 is 9.15 Å². The van der Waals surface area contributed by atoms with Gasteiger partial charge in [0.25, 0.3) is 0 Å². The molecule has 1 saturated carbocycles. The maximum atomic E-state index is 5.56. The lowest BCUT2D eigenvalue weighted by atomic mass is 10.3. The number of aliphatic imine (C=N–C) groups is 1. The van der Waals surface area contributed by atoms with Crippen molar-refractivity contribution in [1.29, 1.82) is 0 Å². The van der Waals surface area contributed by atoms with Crippen molar-refractivity contribution in [3.05, 3.63) is 24.2 Å². The van der Waals surface area contributed by atoms with Crippen LogP contribution in [0.2, 0.25) is 0 Å². The Kier molecular flexibility index (Phi) is 8.68. The van der Waals surface area contributed by atoms with Crippen LogP contribution < -0.4 is 10.6 Å². The van der Waals surface area contributed by atoms with Gasteiger partial charge < -0.3 is 19.8 Å². The van der Waals surface area contributed by atoms with Gasteiger partial charge in [0, 0.05) is 33.2 Å². The summed E-state index contributed by atoms with van der Waals surface area (Å²) < 4.78 is 10.8. The number of ether oxygens (including phenoxy) is 1. The van der Waals surface area contributed by atoms with Crippen LogP contribution in [-0.4, -0.2) is 39.3 Å². The summed E-state index contributed by atoms with van der Waals surface area (Å²) in [5.74, 6) is 2.61. The van der Waals surface area contributed by atoms with Gasteiger partial charge in [0.05, 0.1) is 12.9 Å². The molecule has 6 heteroatoms. The molecule has 0 bridgehead atoms. The summed E-state index contributed by atoms with van der Waals surface area (Å²) in [6, 6.07) is 3.88. The molecule has 2 N–H and O–H groups in total. The summed E-state index contributed by atoms with van der Waals surface area (Å²) in [5.41, 5.74) is 0. The first-order valence-corrected chi connectivity index (χ1v) is 6.93. The number of guanidine groups is 1. The van der Waals surface area contributed by atoms with Crippen LogP contribution in [0.1, 0.15) is 18.6 Å². The first-order chi connectivity index (χ1) is 9.38. The lowest BCUT2D eigenvalue weighted by molar-refractivity contribution is 0.129. The van der Waals surface area contributed by atoms with Crippen LogP contribution in [-0.2, 0) is 11.2 Å². The van der Waals surface area contributed by atoms with E-state index in [-0.39, 0.29) is 24.0 Å². The molecular formula is C14H24IN3O2. The molecule has 0 atom stereocenters. The van der Waals surface area contributed by atoms with Crippen LogP contribution in [0, 0.1) is 5.92 Å². The van der Waals surface area contributed by atoms with Crippen LogP contribution >= 0.6 is 24.0 Å². The molecule has 0 saturated heterocycles. The highest BCUT2D eigenvalue weighted by Crippen LogP contribution is 2.28. The molecule has 1 aromatic heterocycles. The largest absolute Gasteiger partial charge is 0.469 e. The lowest BCUT2D eigenvalue weighted by Gasteiger charge is -2.11. The third kappa shape index (κ3) is 7.14. The van der Waals surface area contributed by atoms with E-state index < -0.39 is 0 Å². The molecular weight excluding hydrogens is 369 g/mol. The van der Waals surface area contributed by atoms with Crippen molar-refractivity contribution in [2.75, 3.05) is 33.4 Å². The van der Waals surface area contributed by atoms with Crippen molar-refractivity contribution in [3.63, 3.8) is 0 Å². The highest BCUT2D eigenvalue weighted by Gasteiger charge is 2.20. The van der Waals surface area contributed by atoms with Crippen molar-refractivity contribution in [2.24, 2.45) is 10.9 Å². The standard InChI is InChI=1S/C14H23N3O2.HI/c1-15-14(16-7-6-13-3-2-9-19-13)17-8-10-18-11-12-4-5-12;/h2-3,9,12H,4-8,10-11H2,1H3,(H2,15,16,17);1H. The Balaban J connectivity index is 0.00000200. The second-order valence-corrected chi connectivity index (χ2v) is 4.77. The van der Waals surface area contributed by atoms with Gasteiger partial charge in [0.1, 0.15) is 5.76 Å². The van der Waals surface area contributed by atoms with Crippen molar-refractivity contribution in [2.45, 2.75) is 19.3 Å². The first-order valence-electron chi connectivity index (χ1n) is 6.93. The van der Waals surface area contributed by atoms with Gasteiger partial charge in [-0.2, -0.15) is 0 Å². The Bertz CT molecular complexity index is 378. The quantitative estimate of drug-likeness (QED) is 0.307. The summed E-state index contributed by atoms with van der Waals surface area (Å²) in [6.45, 7) is 3.23. The SMILES string of the molecule is CN=C(NCCOCC1CC1)NCCc1ccco1.I. The van der Waals surface area contributed by atoms with E-state index in [1.165, 1.54) is 12.8 Å². The number of halogens is 1. The van der Waals surface area contributed by atoms with Crippen LogP contribution in [0.4, 0.5) is 0 Å². The second-order valence-electron chi connectivity index (χ2n) is 4.77. The maximum absolute atomic E-state index is 5.56. The third-order valence-electron chi connectivity index (χ3n) is 3.06. The average Bonchev–Trinajstić information content (AvgIpc) is 3.10. The number of hydrogen-bond acceptors (Lipinski definition) is 3. The highest BCUT2D eigenvalue weighted by molar-refractivity contribution is 14.0. The zero-order valence-corrected chi connectivity index (χ0v) is 14.3. The number of furan rings is 1. The molecule has 0 spiro atoms. The molecule has 1 aliphatic carbocycles. The van der Waals surface area contributed by atoms with Crippen LogP contribution in [0.25, 0.3) is 0 Å². The Hall–Kier alpha value is -0.760. The van der Waals surface area contributed by atoms with E-state index >= 15 is 0 Å². The zero-order chi connectivity index (χ0) is 13.3. The van der Waals surface area contributed by atoms with Crippen LogP contribution in [0.15, 0.2) is 27.8 Å². The van der Waals surface area contributed by atoms with Gasteiger partial charge in [-0.05, 0) is 30.9 Å². The molecule has 0 amide bonds. The Morgan fingerprint density at radius 3 is 2.85 bits per heavy atom.